The Hall–Kier alpha value is -2.08. The first-order chi connectivity index (χ1) is 9.69. The highest BCUT2D eigenvalue weighted by atomic mass is 14.1. The maximum absolute atomic E-state index is 2.25. The minimum atomic E-state index is 1.35. The molecule has 20 heavy (non-hydrogen) atoms. The largest absolute Gasteiger partial charge is 0.0791 e. The highest BCUT2D eigenvalue weighted by Crippen LogP contribution is 2.24. The van der Waals surface area contributed by atoms with Crippen LogP contribution in [0.3, 0.4) is 0 Å². The third kappa shape index (κ3) is 1.68. The summed E-state index contributed by atoms with van der Waals surface area (Å²) in [5.41, 5.74) is 2.70. The van der Waals surface area contributed by atoms with Gasteiger partial charge in [0.05, 0.1) is 0 Å². The average Bonchev–Trinajstić information content (AvgIpc) is 2.46. The van der Waals surface area contributed by atoms with Gasteiger partial charge in [-0.3, -0.25) is 0 Å². The predicted octanol–water partition coefficient (Wildman–Crippen LogP) is 4.21. The summed E-state index contributed by atoms with van der Waals surface area (Å²) in [5.74, 6) is 0. The molecule has 0 unspecified atom stereocenters. The van der Waals surface area contributed by atoms with Gasteiger partial charge in [0.1, 0.15) is 0 Å². The van der Waals surface area contributed by atoms with Crippen molar-refractivity contribution in [3.63, 3.8) is 0 Å². The van der Waals surface area contributed by atoms with E-state index < -0.39 is 0 Å². The lowest BCUT2D eigenvalue weighted by molar-refractivity contribution is 1.47. The van der Waals surface area contributed by atoms with Gasteiger partial charge in [0.2, 0.25) is 0 Å². The van der Waals surface area contributed by atoms with Gasteiger partial charge < -0.3 is 0 Å². The third-order valence-corrected chi connectivity index (χ3v) is 4.24. The van der Waals surface area contributed by atoms with Crippen LogP contribution >= 0.6 is 0 Å². The number of fused-ring (bicyclic) bond motifs is 3. The number of benzene rings is 3. The molecule has 0 spiro atoms. The van der Waals surface area contributed by atoms with E-state index in [4.69, 9.17) is 0 Å². The van der Waals surface area contributed by atoms with E-state index >= 15 is 0 Å². The van der Waals surface area contributed by atoms with Crippen LogP contribution in [0.5, 0.6) is 0 Å². The maximum Gasteiger partial charge on any atom is -0.00731 e. The zero-order chi connectivity index (χ0) is 14.3. The van der Waals surface area contributed by atoms with Crippen LogP contribution in [0.25, 0.3) is 33.7 Å². The first-order valence-corrected chi connectivity index (χ1v) is 7.22. The molecule has 0 heterocycles. The van der Waals surface area contributed by atoms with E-state index in [1.165, 1.54) is 43.1 Å². The molecule has 0 bridgehead atoms. The van der Waals surface area contributed by atoms with Crippen LogP contribution in [0.2, 0.25) is 0 Å². The molecule has 0 N–H and O–H groups in total. The number of aryl methyl sites for hydroxylation is 2. The fraction of sp³-hybridized carbons (Fsp3) is 0.200. The SMILES string of the molecule is C/C=c1/c(=C/C)c2c(C)cccc2c2cccc(C)c12. The maximum atomic E-state index is 2.25. The van der Waals surface area contributed by atoms with Crippen molar-refractivity contribution in [1.82, 2.24) is 0 Å². The first kappa shape index (κ1) is 12.9. The lowest BCUT2D eigenvalue weighted by atomic mass is 9.92. The summed E-state index contributed by atoms with van der Waals surface area (Å²) < 4.78 is 0. The minimum Gasteiger partial charge on any atom is -0.0791 e. The zero-order valence-corrected chi connectivity index (χ0v) is 12.6. The standard InChI is InChI=1S/C20H20/c1-5-15-16(6-2)20-14(4)10-8-12-18(20)17-11-7-9-13(3)19(15)17/h5-12H,1-4H3/b15-5-,16-6-. The Balaban J connectivity index is 2.87. The van der Waals surface area contributed by atoms with E-state index in [1.807, 2.05) is 0 Å². The van der Waals surface area contributed by atoms with Gasteiger partial charge in [-0.25, -0.2) is 0 Å². The molecule has 100 valence electrons. The van der Waals surface area contributed by atoms with Crippen molar-refractivity contribution in [2.75, 3.05) is 0 Å². The molecular weight excluding hydrogens is 240 g/mol. The minimum absolute atomic E-state index is 1.35. The molecule has 0 saturated carbocycles. The number of hydrogen-bond acceptors (Lipinski definition) is 0. The van der Waals surface area contributed by atoms with Crippen LogP contribution < -0.4 is 10.4 Å². The highest BCUT2D eigenvalue weighted by Gasteiger charge is 2.08. The van der Waals surface area contributed by atoms with Crippen molar-refractivity contribution >= 4 is 33.7 Å². The van der Waals surface area contributed by atoms with Crippen molar-refractivity contribution in [3.8, 4) is 0 Å². The molecule has 3 aromatic rings. The summed E-state index contributed by atoms with van der Waals surface area (Å²) in [6, 6.07) is 13.2. The van der Waals surface area contributed by atoms with Crippen molar-refractivity contribution in [2.45, 2.75) is 27.7 Å². The Morgan fingerprint density at radius 3 is 1.40 bits per heavy atom. The molecule has 3 rings (SSSR count). The monoisotopic (exact) mass is 260 g/mol. The summed E-state index contributed by atoms with van der Waals surface area (Å²) in [6.07, 6.45) is 4.49. The van der Waals surface area contributed by atoms with Crippen molar-refractivity contribution < 1.29 is 0 Å². The van der Waals surface area contributed by atoms with Crippen LogP contribution in [0.1, 0.15) is 25.0 Å². The Bertz CT molecular complexity index is 849. The number of hydrogen-bond donors (Lipinski definition) is 0. The topological polar surface area (TPSA) is 0 Å². The van der Waals surface area contributed by atoms with Gasteiger partial charge in [0.25, 0.3) is 0 Å². The molecule has 0 aliphatic carbocycles. The van der Waals surface area contributed by atoms with Crippen LogP contribution in [0, 0.1) is 13.8 Å². The summed E-state index contributed by atoms with van der Waals surface area (Å²) in [4.78, 5) is 0. The fourth-order valence-electron chi connectivity index (χ4n) is 3.37. The van der Waals surface area contributed by atoms with E-state index in [-0.39, 0.29) is 0 Å². The van der Waals surface area contributed by atoms with Gasteiger partial charge in [-0.2, -0.15) is 0 Å². The third-order valence-electron chi connectivity index (χ3n) is 4.24. The van der Waals surface area contributed by atoms with E-state index in [0.717, 1.165) is 0 Å². The second-order valence-corrected chi connectivity index (χ2v) is 5.40. The Morgan fingerprint density at radius 1 is 0.650 bits per heavy atom. The molecule has 0 saturated heterocycles. The summed E-state index contributed by atoms with van der Waals surface area (Å²) in [7, 11) is 0. The normalized spacial score (nSPS) is 13.6. The molecule has 0 aliphatic heterocycles. The summed E-state index contributed by atoms with van der Waals surface area (Å²) in [6.45, 7) is 8.68. The zero-order valence-electron chi connectivity index (χ0n) is 12.6. The van der Waals surface area contributed by atoms with E-state index in [2.05, 4.69) is 76.2 Å². The van der Waals surface area contributed by atoms with Crippen molar-refractivity contribution in [3.05, 3.63) is 58.0 Å². The van der Waals surface area contributed by atoms with Gasteiger partial charge in [0.15, 0.2) is 0 Å². The molecular formula is C20H20. The lowest BCUT2D eigenvalue weighted by Crippen LogP contribution is -2.27. The van der Waals surface area contributed by atoms with E-state index in [1.54, 1.807) is 0 Å². The Kier molecular flexibility index (Phi) is 3.10. The Labute approximate surface area is 120 Å². The van der Waals surface area contributed by atoms with Crippen molar-refractivity contribution in [2.24, 2.45) is 0 Å². The molecule has 0 fully saturated rings. The van der Waals surface area contributed by atoms with E-state index in [9.17, 15) is 0 Å². The molecule has 0 aliphatic rings. The predicted molar refractivity (Wildman–Crippen MR) is 90.5 cm³/mol. The molecule has 0 aromatic heterocycles. The molecule has 0 atom stereocenters. The molecule has 0 radical (unpaired) electrons. The Morgan fingerprint density at radius 2 is 1.05 bits per heavy atom. The average molecular weight is 260 g/mol. The first-order valence-electron chi connectivity index (χ1n) is 7.22. The van der Waals surface area contributed by atoms with Gasteiger partial charge >= 0.3 is 0 Å². The van der Waals surface area contributed by atoms with E-state index in [0.29, 0.717) is 0 Å². The number of rotatable bonds is 0. The molecule has 3 aromatic carbocycles. The second-order valence-electron chi connectivity index (χ2n) is 5.40. The lowest BCUT2D eigenvalue weighted by Gasteiger charge is -2.11. The van der Waals surface area contributed by atoms with Crippen LogP contribution in [0.4, 0.5) is 0 Å². The molecule has 0 nitrogen and oxygen atoms in total. The summed E-state index contributed by atoms with van der Waals surface area (Å²) >= 11 is 0. The van der Waals surface area contributed by atoms with Crippen LogP contribution in [-0.4, -0.2) is 0 Å². The fourth-order valence-corrected chi connectivity index (χ4v) is 3.37. The van der Waals surface area contributed by atoms with Gasteiger partial charge in [-0.05, 0) is 70.8 Å². The second kappa shape index (κ2) is 4.79. The molecule has 0 amide bonds. The van der Waals surface area contributed by atoms with Crippen LogP contribution in [-0.2, 0) is 0 Å². The summed E-state index contributed by atoms with van der Waals surface area (Å²) in [5, 5.41) is 8.23. The smallest absolute Gasteiger partial charge is 0.00731 e. The van der Waals surface area contributed by atoms with Crippen LogP contribution in [0.15, 0.2) is 36.4 Å². The van der Waals surface area contributed by atoms with Gasteiger partial charge in [-0.1, -0.05) is 48.6 Å². The van der Waals surface area contributed by atoms with Gasteiger partial charge in [0, 0.05) is 0 Å². The van der Waals surface area contributed by atoms with Gasteiger partial charge in [-0.15, -0.1) is 0 Å². The molecule has 0 heteroatoms. The quantitative estimate of drug-likeness (QED) is 0.531. The highest BCUT2D eigenvalue weighted by molar-refractivity contribution is 6.10. The van der Waals surface area contributed by atoms with Crippen molar-refractivity contribution in [1.29, 1.82) is 0 Å².